The summed E-state index contributed by atoms with van der Waals surface area (Å²) in [6.07, 6.45) is -0.0319. The van der Waals surface area contributed by atoms with Gasteiger partial charge in [0.05, 0.1) is 14.1 Å². The summed E-state index contributed by atoms with van der Waals surface area (Å²) in [5.74, 6) is -0.277. The Bertz CT molecular complexity index is 160. The molecule has 0 spiro atoms. The number of aliphatic hydroxyl groups is 1. The van der Waals surface area contributed by atoms with Crippen LogP contribution < -0.4 is 0 Å². The van der Waals surface area contributed by atoms with Gasteiger partial charge in [0.2, 0.25) is 0 Å². The molecule has 1 aliphatic heterocycles. The Labute approximate surface area is 61.4 Å². The molecule has 0 radical (unpaired) electrons. The fourth-order valence-electron chi connectivity index (χ4n) is 1.13. The number of ketones is 1. The summed E-state index contributed by atoms with van der Waals surface area (Å²) in [5.41, 5.74) is 0. The van der Waals surface area contributed by atoms with Crippen LogP contribution in [0.15, 0.2) is 0 Å². The summed E-state index contributed by atoms with van der Waals surface area (Å²) < 4.78 is 12.2. The second-order valence-electron chi connectivity index (χ2n) is 2.48. The number of hydrogen-bond donors (Lipinski definition) is 1. The van der Waals surface area contributed by atoms with Gasteiger partial charge < -0.3 is 9.84 Å². The van der Waals surface area contributed by atoms with E-state index in [0.717, 1.165) is 0 Å². The van der Waals surface area contributed by atoms with E-state index in [1.807, 2.05) is 0 Å². The van der Waals surface area contributed by atoms with Gasteiger partial charge in [0.25, 0.3) is 0 Å². The molecule has 0 amide bonds. The predicted octanol–water partition coefficient (Wildman–Crippen LogP) is -0.0272. The first kappa shape index (κ1) is 6.31. The summed E-state index contributed by atoms with van der Waals surface area (Å²) >= 11 is 0. The van der Waals surface area contributed by atoms with E-state index in [0.29, 0.717) is 6.42 Å². The van der Waals surface area contributed by atoms with Crippen LogP contribution in [-0.4, -0.2) is 30.2 Å². The molecule has 3 nitrogen and oxygen atoms in total. The van der Waals surface area contributed by atoms with Crippen molar-refractivity contribution in [2.75, 3.05) is 13.2 Å². The third-order valence-electron chi connectivity index (χ3n) is 1.77. The molecule has 1 heterocycles. The van der Waals surface area contributed by atoms with Crippen molar-refractivity contribution in [1.29, 1.82) is 0 Å². The number of rotatable bonds is 2. The van der Waals surface area contributed by atoms with Crippen molar-refractivity contribution < 1.29 is 16.0 Å². The van der Waals surface area contributed by atoms with Crippen LogP contribution in [0.5, 0.6) is 0 Å². The minimum absolute atomic E-state index is 0.00111. The van der Waals surface area contributed by atoms with Crippen LogP contribution >= 0.6 is 0 Å². The van der Waals surface area contributed by atoms with E-state index in [1.54, 1.807) is 0 Å². The molecule has 1 saturated heterocycles. The molecule has 0 aromatic rings. The molecule has 1 rings (SSSR count). The monoisotopic (exact) mass is 146 g/mol. The highest BCUT2D eigenvalue weighted by molar-refractivity contribution is 5.79. The van der Waals surface area contributed by atoms with E-state index in [2.05, 4.69) is 0 Å². The van der Waals surface area contributed by atoms with Gasteiger partial charge in [-0.15, -0.1) is 0 Å². The molecule has 1 N–H and O–H groups in total. The lowest BCUT2D eigenvalue weighted by molar-refractivity contribution is -0.123. The maximum absolute atomic E-state index is 10.9. The van der Waals surface area contributed by atoms with Gasteiger partial charge in [-0.3, -0.25) is 4.79 Å². The van der Waals surface area contributed by atoms with Crippen molar-refractivity contribution in [1.82, 2.24) is 0 Å². The lowest BCUT2D eigenvalue weighted by Crippen LogP contribution is -2.25. The molecule has 0 aromatic heterocycles. The molecule has 1 fully saturated rings. The van der Waals surface area contributed by atoms with Crippen molar-refractivity contribution >= 4 is 5.78 Å². The predicted molar refractivity (Wildman–Crippen MR) is 35.6 cm³/mol. The molecular formula is C7H12O3. The van der Waals surface area contributed by atoms with Crippen LogP contribution in [0.2, 0.25) is 0 Å². The van der Waals surface area contributed by atoms with Crippen molar-refractivity contribution in [3.8, 4) is 0 Å². The zero-order valence-electron chi connectivity index (χ0n) is 6.91. The lowest BCUT2D eigenvalue weighted by atomic mass is 9.98. The van der Waals surface area contributed by atoms with Gasteiger partial charge in [-0.25, -0.2) is 0 Å². The number of ether oxygens (including phenoxy) is 1. The fraction of sp³-hybridized carbons (Fsp3) is 0.857. The number of carbonyl (C=O) groups is 1. The summed E-state index contributed by atoms with van der Waals surface area (Å²) in [6.45, 7) is 0.662. The van der Waals surface area contributed by atoms with Crippen molar-refractivity contribution in [2.24, 2.45) is 5.92 Å². The minimum atomic E-state index is -0.638. The third kappa shape index (κ3) is 1.36. The Hall–Kier alpha value is -0.410. The van der Waals surface area contributed by atoms with Crippen LogP contribution in [0.3, 0.4) is 0 Å². The summed E-state index contributed by atoms with van der Waals surface area (Å²) in [7, 11) is 0. The number of Topliss-reactive ketones (excluding diaryl/α,β-unsaturated/α-hetero) is 1. The summed E-state index contributed by atoms with van der Waals surface area (Å²) in [5, 5.41) is 8.74. The van der Waals surface area contributed by atoms with Crippen LogP contribution in [0, 0.1) is 5.92 Å². The fourth-order valence-corrected chi connectivity index (χ4v) is 1.13. The quantitative estimate of drug-likeness (QED) is 0.595. The van der Waals surface area contributed by atoms with E-state index < -0.39 is 12.7 Å². The van der Waals surface area contributed by atoms with Crippen LogP contribution in [-0.2, 0) is 9.53 Å². The summed E-state index contributed by atoms with van der Waals surface area (Å²) in [6, 6.07) is 0. The Morgan fingerprint density at radius 3 is 3.10 bits per heavy atom. The molecule has 0 bridgehead atoms. The molecule has 0 aliphatic carbocycles. The standard InChI is InChI=1S/C7H12O3/c1-5(9)6-2-3-10-7(6)4-8/h6-8H,2-4H2,1H3/t6?,7-/m1/s1/i3T/t3?,6?,7-. The van der Waals surface area contributed by atoms with Crippen molar-refractivity contribution in [3.63, 3.8) is 0 Å². The highest BCUT2D eigenvalue weighted by Crippen LogP contribution is 2.20. The highest BCUT2D eigenvalue weighted by atomic mass is 16.5. The van der Waals surface area contributed by atoms with Gasteiger partial charge in [-0.05, 0) is 13.3 Å². The topological polar surface area (TPSA) is 46.5 Å². The average Bonchev–Trinajstić information content (AvgIpc) is 2.30. The number of aliphatic hydroxyl groups excluding tert-OH is 1. The van der Waals surface area contributed by atoms with Crippen LogP contribution in [0.1, 0.15) is 14.7 Å². The Morgan fingerprint density at radius 1 is 2.00 bits per heavy atom. The lowest BCUT2D eigenvalue weighted by Gasteiger charge is -2.11. The molecule has 2 unspecified atom stereocenters. The molecule has 0 aromatic carbocycles. The van der Waals surface area contributed by atoms with E-state index in [1.165, 1.54) is 6.92 Å². The first-order chi connectivity index (χ1) is 5.15. The van der Waals surface area contributed by atoms with E-state index in [9.17, 15) is 4.79 Å². The second kappa shape index (κ2) is 3.12. The van der Waals surface area contributed by atoms with Crippen molar-refractivity contribution in [3.05, 3.63) is 0 Å². The smallest absolute Gasteiger partial charge is 0.135 e. The number of carbonyl (C=O) groups excluding carboxylic acids is 1. The van der Waals surface area contributed by atoms with E-state index >= 15 is 0 Å². The highest BCUT2D eigenvalue weighted by Gasteiger charge is 2.30. The number of hydrogen-bond acceptors (Lipinski definition) is 3. The normalized spacial score (nSPS) is 41.4. The average molecular weight is 146 g/mol. The maximum Gasteiger partial charge on any atom is 0.135 e. The van der Waals surface area contributed by atoms with Gasteiger partial charge in [0.15, 0.2) is 0 Å². The minimum Gasteiger partial charge on any atom is -0.394 e. The molecule has 3 atom stereocenters. The van der Waals surface area contributed by atoms with E-state index in [-0.39, 0.29) is 18.3 Å². The van der Waals surface area contributed by atoms with E-state index in [4.69, 9.17) is 11.2 Å². The molecule has 3 heteroatoms. The Balaban J connectivity index is 2.57. The molecule has 58 valence electrons. The zero-order valence-corrected chi connectivity index (χ0v) is 5.91. The van der Waals surface area contributed by atoms with Crippen LogP contribution in [0.25, 0.3) is 0 Å². The summed E-state index contributed by atoms with van der Waals surface area (Å²) in [4.78, 5) is 10.9. The van der Waals surface area contributed by atoms with Gasteiger partial charge in [0.1, 0.15) is 5.78 Å². The van der Waals surface area contributed by atoms with Gasteiger partial charge in [0, 0.05) is 12.5 Å². The Kier molecular flexibility index (Phi) is 1.97. The zero-order chi connectivity index (χ0) is 8.43. The maximum atomic E-state index is 10.9. The molecule has 0 saturated carbocycles. The molecular weight excluding hydrogens is 132 g/mol. The Morgan fingerprint density at radius 2 is 2.70 bits per heavy atom. The second-order valence-corrected chi connectivity index (χ2v) is 2.48. The molecule has 10 heavy (non-hydrogen) atoms. The van der Waals surface area contributed by atoms with Gasteiger partial charge in [-0.1, -0.05) is 0 Å². The first-order valence-corrected chi connectivity index (χ1v) is 3.34. The first-order valence-electron chi connectivity index (χ1n) is 3.92. The van der Waals surface area contributed by atoms with Crippen molar-refractivity contribution in [2.45, 2.75) is 19.4 Å². The van der Waals surface area contributed by atoms with Crippen LogP contribution in [0.4, 0.5) is 0 Å². The molecule has 1 aliphatic rings. The van der Waals surface area contributed by atoms with Gasteiger partial charge >= 0.3 is 0 Å². The van der Waals surface area contributed by atoms with Gasteiger partial charge in [-0.2, -0.15) is 0 Å². The third-order valence-corrected chi connectivity index (χ3v) is 1.77. The largest absolute Gasteiger partial charge is 0.394 e. The SMILES string of the molecule is [3H]C1CC(C(C)=O)[C@@H](CO)O1.